The second-order valence-corrected chi connectivity index (χ2v) is 4.54. The molecule has 3 N–H and O–H groups in total. The van der Waals surface area contributed by atoms with E-state index in [0.717, 1.165) is 5.56 Å². The van der Waals surface area contributed by atoms with Crippen molar-refractivity contribution < 1.29 is 14.7 Å². The van der Waals surface area contributed by atoms with E-state index in [1.165, 1.54) is 0 Å². The van der Waals surface area contributed by atoms with Gasteiger partial charge in [-0.05, 0) is 12.0 Å². The molecule has 2 aromatic rings. The molecule has 0 fully saturated rings. The van der Waals surface area contributed by atoms with Crippen LogP contribution in [0.5, 0.6) is 0 Å². The number of carboxylic acid groups (broad SMARTS) is 1. The summed E-state index contributed by atoms with van der Waals surface area (Å²) in [5.41, 5.74) is 7.47. The minimum atomic E-state index is -1.03. The molecule has 0 amide bonds. The molecule has 1 atom stereocenters. The summed E-state index contributed by atoms with van der Waals surface area (Å²) in [4.78, 5) is 22.9. The summed E-state index contributed by atoms with van der Waals surface area (Å²) in [5.74, 6) is -1.09. The van der Waals surface area contributed by atoms with E-state index in [9.17, 15) is 9.59 Å². The Hall–Kier alpha value is -2.46. The van der Waals surface area contributed by atoms with E-state index in [2.05, 4.69) is 0 Å². The van der Waals surface area contributed by atoms with E-state index in [4.69, 9.17) is 10.8 Å². The molecule has 0 radical (unpaired) electrons. The molecule has 0 unspecified atom stereocenters. The van der Waals surface area contributed by atoms with Crippen LogP contribution in [0.2, 0.25) is 0 Å². The maximum atomic E-state index is 12.2. The lowest BCUT2D eigenvalue weighted by Gasteiger charge is -2.07. The Labute approximate surface area is 116 Å². The van der Waals surface area contributed by atoms with E-state index < -0.39 is 12.0 Å². The van der Waals surface area contributed by atoms with Gasteiger partial charge in [-0.15, -0.1) is 0 Å². The minimum Gasteiger partial charge on any atom is -0.480 e. The van der Waals surface area contributed by atoms with Gasteiger partial charge >= 0.3 is 5.97 Å². The number of hydrogen-bond acceptors (Lipinski definition) is 3. The highest BCUT2D eigenvalue weighted by molar-refractivity contribution is 6.08. The normalized spacial score (nSPS) is 11.8. The summed E-state index contributed by atoms with van der Waals surface area (Å²) in [6.45, 7) is 0. The second-order valence-electron chi connectivity index (χ2n) is 4.54. The van der Waals surface area contributed by atoms with Crippen molar-refractivity contribution in [1.29, 1.82) is 0 Å². The Morgan fingerprint density at radius 2 is 1.50 bits per heavy atom. The zero-order valence-electron chi connectivity index (χ0n) is 10.8. The van der Waals surface area contributed by atoms with Gasteiger partial charge in [0.05, 0.1) is 0 Å². The van der Waals surface area contributed by atoms with Gasteiger partial charge in [-0.3, -0.25) is 9.59 Å². The monoisotopic (exact) mass is 269 g/mol. The molecular formula is C16H15NO3. The van der Waals surface area contributed by atoms with E-state index >= 15 is 0 Å². The van der Waals surface area contributed by atoms with E-state index in [1.54, 1.807) is 36.4 Å². The first-order valence-corrected chi connectivity index (χ1v) is 6.25. The molecule has 0 aliphatic carbocycles. The average Bonchev–Trinajstić information content (AvgIpc) is 2.48. The lowest BCUT2D eigenvalue weighted by Crippen LogP contribution is -2.32. The molecule has 0 spiro atoms. The summed E-state index contributed by atoms with van der Waals surface area (Å²) in [7, 11) is 0. The third-order valence-electron chi connectivity index (χ3n) is 3.02. The van der Waals surface area contributed by atoms with Crippen LogP contribution in [-0.2, 0) is 11.2 Å². The quantitative estimate of drug-likeness (QED) is 0.812. The van der Waals surface area contributed by atoms with Crippen molar-refractivity contribution in [3.8, 4) is 0 Å². The zero-order valence-corrected chi connectivity index (χ0v) is 10.8. The molecular weight excluding hydrogens is 254 g/mol. The molecule has 0 saturated carbocycles. The first-order valence-electron chi connectivity index (χ1n) is 6.25. The van der Waals surface area contributed by atoms with Gasteiger partial charge in [0, 0.05) is 11.1 Å². The number of hydrogen-bond donors (Lipinski definition) is 2. The molecule has 20 heavy (non-hydrogen) atoms. The Morgan fingerprint density at radius 1 is 0.950 bits per heavy atom. The predicted molar refractivity (Wildman–Crippen MR) is 75.6 cm³/mol. The highest BCUT2D eigenvalue weighted by Gasteiger charge is 2.13. The van der Waals surface area contributed by atoms with Crippen LogP contribution in [0.15, 0.2) is 54.6 Å². The van der Waals surface area contributed by atoms with Crippen molar-refractivity contribution in [2.45, 2.75) is 12.5 Å². The molecule has 0 saturated heterocycles. The largest absolute Gasteiger partial charge is 0.480 e. The standard InChI is InChI=1S/C16H15NO3/c17-14(16(19)20)10-11-6-8-13(9-7-11)15(18)12-4-2-1-3-5-12/h1-9,14H,10,17H2,(H,19,20)/t14-/m1/s1. The van der Waals surface area contributed by atoms with Crippen LogP contribution in [0.4, 0.5) is 0 Å². The molecule has 0 aliphatic rings. The molecule has 0 heterocycles. The zero-order chi connectivity index (χ0) is 14.5. The van der Waals surface area contributed by atoms with Crippen LogP contribution in [0, 0.1) is 0 Å². The van der Waals surface area contributed by atoms with Crippen LogP contribution >= 0.6 is 0 Å². The number of carboxylic acids is 1. The van der Waals surface area contributed by atoms with Gasteiger partial charge in [0.2, 0.25) is 0 Å². The van der Waals surface area contributed by atoms with Gasteiger partial charge in [-0.25, -0.2) is 0 Å². The van der Waals surface area contributed by atoms with E-state index in [1.807, 2.05) is 18.2 Å². The Balaban J connectivity index is 2.12. The SMILES string of the molecule is N[C@H](Cc1ccc(C(=O)c2ccccc2)cc1)C(=O)O. The topological polar surface area (TPSA) is 80.4 Å². The fraction of sp³-hybridized carbons (Fsp3) is 0.125. The first-order chi connectivity index (χ1) is 9.58. The number of benzene rings is 2. The van der Waals surface area contributed by atoms with Gasteiger partial charge in [0.15, 0.2) is 5.78 Å². The highest BCUT2D eigenvalue weighted by atomic mass is 16.4. The molecule has 4 heteroatoms. The molecule has 4 nitrogen and oxygen atoms in total. The van der Waals surface area contributed by atoms with Crippen LogP contribution in [0.1, 0.15) is 21.5 Å². The van der Waals surface area contributed by atoms with Crippen molar-refractivity contribution in [2.24, 2.45) is 5.73 Å². The predicted octanol–water partition coefficient (Wildman–Crippen LogP) is 1.87. The highest BCUT2D eigenvalue weighted by Crippen LogP contribution is 2.12. The van der Waals surface area contributed by atoms with Crippen LogP contribution in [0.3, 0.4) is 0 Å². The van der Waals surface area contributed by atoms with E-state index in [-0.39, 0.29) is 12.2 Å². The van der Waals surface area contributed by atoms with Crippen LogP contribution in [0.25, 0.3) is 0 Å². The number of aliphatic carboxylic acids is 1. The van der Waals surface area contributed by atoms with Gasteiger partial charge in [-0.2, -0.15) is 0 Å². The summed E-state index contributed by atoms with van der Waals surface area (Å²) >= 11 is 0. The fourth-order valence-electron chi connectivity index (χ4n) is 1.89. The van der Waals surface area contributed by atoms with Crippen molar-refractivity contribution in [3.05, 3.63) is 71.3 Å². The third-order valence-corrected chi connectivity index (χ3v) is 3.02. The van der Waals surface area contributed by atoms with Crippen molar-refractivity contribution in [2.75, 3.05) is 0 Å². The number of rotatable bonds is 5. The Morgan fingerprint density at radius 3 is 2.05 bits per heavy atom. The molecule has 0 bridgehead atoms. The number of carbonyl (C=O) groups is 2. The van der Waals surface area contributed by atoms with Crippen molar-refractivity contribution in [1.82, 2.24) is 0 Å². The second kappa shape index (κ2) is 6.12. The lowest BCUT2D eigenvalue weighted by molar-refractivity contribution is -0.138. The van der Waals surface area contributed by atoms with Crippen molar-refractivity contribution >= 4 is 11.8 Å². The maximum Gasteiger partial charge on any atom is 0.320 e. The van der Waals surface area contributed by atoms with Crippen molar-refractivity contribution in [3.63, 3.8) is 0 Å². The number of carbonyl (C=O) groups excluding carboxylic acids is 1. The van der Waals surface area contributed by atoms with Gasteiger partial charge < -0.3 is 10.8 Å². The fourth-order valence-corrected chi connectivity index (χ4v) is 1.89. The summed E-state index contributed by atoms with van der Waals surface area (Å²) < 4.78 is 0. The van der Waals surface area contributed by atoms with Gasteiger partial charge in [0.25, 0.3) is 0 Å². The molecule has 2 rings (SSSR count). The number of ketones is 1. The first kappa shape index (κ1) is 14.0. The summed E-state index contributed by atoms with van der Waals surface area (Å²) in [6, 6.07) is 14.9. The summed E-state index contributed by atoms with van der Waals surface area (Å²) in [5, 5.41) is 8.76. The van der Waals surface area contributed by atoms with E-state index in [0.29, 0.717) is 11.1 Å². The lowest BCUT2D eigenvalue weighted by atomic mass is 10.00. The third kappa shape index (κ3) is 3.30. The Kier molecular flexibility index (Phi) is 4.27. The average molecular weight is 269 g/mol. The van der Waals surface area contributed by atoms with Crippen LogP contribution < -0.4 is 5.73 Å². The van der Waals surface area contributed by atoms with Crippen LogP contribution in [-0.4, -0.2) is 22.9 Å². The maximum absolute atomic E-state index is 12.2. The number of nitrogens with two attached hydrogens (primary N) is 1. The molecule has 102 valence electrons. The minimum absolute atomic E-state index is 0.0558. The van der Waals surface area contributed by atoms with Gasteiger partial charge in [0.1, 0.15) is 6.04 Å². The smallest absolute Gasteiger partial charge is 0.320 e. The van der Waals surface area contributed by atoms with Gasteiger partial charge in [-0.1, -0.05) is 54.6 Å². The molecule has 2 aromatic carbocycles. The summed E-state index contributed by atoms with van der Waals surface area (Å²) in [6.07, 6.45) is 0.245. The molecule has 0 aliphatic heterocycles. The Bertz CT molecular complexity index is 605. The molecule has 0 aromatic heterocycles.